The van der Waals surface area contributed by atoms with E-state index in [1.54, 1.807) is 18.3 Å². The van der Waals surface area contributed by atoms with Crippen LogP contribution in [-0.2, 0) is 15.0 Å². The average Bonchev–Trinajstić information content (AvgIpc) is 3.07. The second-order valence-electron chi connectivity index (χ2n) is 5.30. The minimum absolute atomic E-state index is 0.0391. The minimum atomic E-state index is -4.57. The van der Waals surface area contributed by atoms with Gasteiger partial charge in [-0.1, -0.05) is 12.1 Å². The number of amides is 1. The summed E-state index contributed by atoms with van der Waals surface area (Å²) < 4.78 is 34.3. The fraction of sp³-hybridized carbons (Fsp3) is 0.286. The molecule has 8 heteroatoms. The molecule has 2 heterocycles. The molecular formula is C14H14FN3O3S. The normalized spacial score (nSPS) is 18.9. The molecule has 1 aromatic heterocycles. The Morgan fingerprint density at radius 2 is 2.18 bits per heavy atom. The molecule has 1 amide bonds. The number of carbonyl (C=O) groups excluding carboxylic acids is 1. The Hall–Kier alpha value is -2.22. The maximum atomic E-state index is 12.8. The van der Waals surface area contributed by atoms with E-state index in [1.807, 2.05) is 18.2 Å². The first-order valence-corrected chi connectivity index (χ1v) is 8.30. The van der Waals surface area contributed by atoms with Crippen LogP contribution in [0.5, 0.6) is 0 Å². The summed E-state index contributed by atoms with van der Waals surface area (Å²) >= 11 is 0. The van der Waals surface area contributed by atoms with Gasteiger partial charge in [-0.05, 0) is 18.2 Å². The Balaban J connectivity index is 1.83. The monoisotopic (exact) mass is 323 g/mol. The van der Waals surface area contributed by atoms with Crippen LogP contribution in [0.2, 0.25) is 0 Å². The summed E-state index contributed by atoms with van der Waals surface area (Å²) in [5.74, 6) is -1.33. The highest BCUT2D eigenvalue weighted by Gasteiger charge is 2.33. The predicted molar refractivity (Wildman–Crippen MR) is 79.4 cm³/mol. The fourth-order valence-corrected chi connectivity index (χ4v) is 3.47. The van der Waals surface area contributed by atoms with Crippen molar-refractivity contribution in [2.45, 2.75) is 6.42 Å². The van der Waals surface area contributed by atoms with Crippen molar-refractivity contribution in [3.8, 4) is 11.3 Å². The lowest BCUT2D eigenvalue weighted by Crippen LogP contribution is -2.25. The zero-order valence-electron chi connectivity index (χ0n) is 11.6. The molecule has 22 heavy (non-hydrogen) atoms. The van der Waals surface area contributed by atoms with Gasteiger partial charge in [0.1, 0.15) is 0 Å². The van der Waals surface area contributed by atoms with E-state index in [0.29, 0.717) is 5.69 Å². The lowest BCUT2D eigenvalue weighted by Gasteiger charge is -2.17. The van der Waals surface area contributed by atoms with Gasteiger partial charge in [0.05, 0.1) is 11.4 Å². The second kappa shape index (κ2) is 5.53. The van der Waals surface area contributed by atoms with Crippen LogP contribution in [0.25, 0.3) is 11.3 Å². The summed E-state index contributed by atoms with van der Waals surface area (Å²) in [4.78, 5) is 13.6. The van der Waals surface area contributed by atoms with Gasteiger partial charge in [-0.25, -0.2) is 0 Å². The third-order valence-corrected chi connectivity index (χ3v) is 4.48. The van der Waals surface area contributed by atoms with Gasteiger partial charge in [-0.15, -0.1) is 3.89 Å². The molecular weight excluding hydrogens is 309 g/mol. The van der Waals surface area contributed by atoms with Crippen molar-refractivity contribution in [3.63, 3.8) is 0 Å². The lowest BCUT2D eigenvalue weighted by atomic mass is 10.1. The first-order chi connectivity index (χ1) is 10.4. The molecule has 0 bridgehead atoms. The number of hydrogen-bond acceptors (Lipinski definition) is 4. The zero-order chi connectivity index (χ0) is 15.7. The third kappa shape index (κ3) is 3.16. The summed E-state index contributed by atoms with van der Waals surface area (Å²) in [6.45, 7) is 0.203. The summed E-state index contributed by atoms with van der Waals surface area (Å²) in [5.41, 5.74) is 2.34. The molecule has 2 aromatic rings. The number of H-pyrrole nitrogens is 1. The molecule has 6 nitrogen and oxygen atoms in total. The molecule has 1 saturated heterocycles. The zero-order valence-corrected chi connectivity index (χ0v) is 12.4. The van der Waals surface area contributed by atoms with Crippen molar-refractivity contribution in [2.75, 3.05) is 17.2 Å². The summed E-state index contributed by atoms with van der Waals surface area (Å²) in [6, 6.07) is 9.07. The van der Waals surface area contributed by atoms with Gasteiger partial charge in [-0.3, -0.25) is 9.89 Å². The minimum Gasteiger partial charge on any atom is -0.312 e. The molecule has 1 fully saturated rings. The molecule has 1 N–H and O–H groups in total. The Morgan fingerprint density at radius 1 is 1.36 bits per heavy atom. The van der Waals surface area contributed by atoms with E-state index in [-0.39, 0.29) is 18.9 Å². The summed E-state index contributed by atoms with van der Waals surface area (Å²) in [5, 5.41) is 6.72. The highest BCUT2D eigenvalue weighted by Crippen LogP contribution is 2.29. The van der Waals surface area contributed by atoms with Gasteiger partial charge < -0.3 is 4.90 Å². The molecule has 1 aliphatic rings. The van der Waals surface area contributed by atoms with Gasteiger partial charge in [0.2, 0.25) is 5.91 Å². The number of aromatic amines is 1. The molecule has 0 spiro atoms. The predicted octanol–water partition coefficient (Wildman–Crippen LogP) is 1.73. The molecule has 1 atom stereocenters. The standard InChI is InChI=1S/C14H14FN3O3S/c15-22(20,21)9-10-6-14(19)18(8-10)12-3-1-2-11(7-12)13-4-5-16-17-13/h1-5,7,10H,6,8-9H2,(H,16,17). The van der Waals surface area contributed by atoms with Crippen molar-refractivity contribution in [1.82, 2.24) is 10.2 Å². The largest absolute Gasteiger partial charge is 0.312 e. The summed E-state index contributed by atoms with van der Waals surface area (Å²) in [7, 11) is -4.57. The van der Waals surface area contributed by atoms with Gasteiger partial charge >= 0.3 is 10.2 Å². The fourth-order valence-electron chi connectivity index (χ4n) is 2.68. The van der Waals surface area contributed by atoms with Crippen LogP contribution in [0.4, 0.5) is 9.57 Å². The molecule has 1 unspecified atom stereocenters. The highest BCUT2D eigenvalue weighted by molar-refractivity contribution is 7.86. The van der Waals surface area contributed by atoms with Crippen LogP contribution in [0.15, 0.2) is 36.5 Å². The van der Waals surface area contributed by atoms with E-state index in [0.717, 1.165) is 11.3 Å². The van der Waals surface area contributed by atoms with Crippen LogP contribution < -0.4 is 4.90 Å². The Kier molecular flexibility index (Phi) is 3.69. The maximum Gasteiger partial charge on any atom is 0.302 e. The molecule has 3 rings (SSSR count). The van der Waals surface area contributed by atoms with E-state index in [1.165, 1.54) is 4.90 Å². The van der Waals surface area contributed by atoms with Crippen LogP contribution in [0.1, 0.15) is 6.42 Å². The number of nitrogens with zero attached hydrogens (tertiary/aromatic N) is 2. The van der Waals surface area contributed by atoms with Crippen molar-refractivity contribution in [3.05, 3.63) is 36.5 Å². The van der Waals surface area contributed by atoms with Crippen LogP contribution in [-0.4, -0.2) is 36.8 Å². The Bertz CT molecular complexity index is 789. The van der Waals surface area contributed by atoms with Crippen LogP contribution >= 0.6 is 0 Å². The third-order valence-electron chi connectivity index (χ3n) is 3.61. The van der Waals surface area contributed by atoms with E-state index >= 15 is 0 Å². The number of carbonyl (C=O) groups is 1. The van der Waals surface area contributed by atoms with Crippen molar-refractivity contribution in [2.24, 2.45) is 5.92 Å². The van der Waals surface area contributed by atoms with Crippen LogP contribution in [0, 0.1) is 5.92 Å². The first-order valence-electron chi connectivity index (χ1n) is 6.75. The van der Waals surface area contributed by atoms with E-state index in [4.69, 9.17) is 0 Å². The number of anilines is 1. The van der Waals surface area contributed by atoms with Gasteiger partial charge in [0.25, 0.3) is 0 Å². The number of hydrogen-bond donors (Lipinski definition) is 1. The van der Waals surface area contributed by atoms with Gasteiger partial charge in [-0.2, -0.15) is 13.5 Å². The van der Waals surface area contributed by atoms with Crippen LogP contribution in [0.3, 0.4) is 0 Å². The first kappa shape index (κ1) is 14.7. The lowest BCUT2D eigenvalue weighted by molar-refractivity contribution is -0.117. The quantitative estimate of drug-likeness (QED) is 0.869. The molecule has 1 aliphatic heterocycles. The Labute approximate surface area is 127 Å². The SMILES string of the molecule is O=C1CC(CS(=O)(=O)F)CN1c1cccc(-c2ccn[nH]2)c1. The average molecular weight is 323 g/mol. The smallest absolute Gasteiger partial charge is 0.302 e. The molecule has 0 aliphatic carbocycles. The molecule has 1 aromatic carbocycles. The van der Waals surface area contributed by atoms with Gasteiger partial charge in [0.15, 0.2) is 0 Å². The van der Waals surface area contributed by atoms with Crippen molar-refractivity contribution in [1.29, 1.82) is 0 Å². The number of benzene rings is 1. The van der Waals surface area contributed by atoms with E-state index in [9.17, 15) is 17.1 Å². The van der Waals surface area contributed by atoms with Gasteiger partial charge in [0, 0.05) is 36.3 Å². The molecule has 116 valence electrons. The maximum absolute atomic E-state index is 12.8. The molecule has 0 saturated carbocycles. The van der Waals surface area contributed by atoms with E-state index in [2.05, 4.69) is 10.2 Å². The summed E-state index contributed by atoms with van der Waals surface area (Å²) in [6.07, 6.45) is 1.67. The highest BCUT2D eigenvalue weighted by atomic mass is 32.3. The second-order valence-corrected chi connectivity index (χ2v) is 6.71. The van der Waals surface area contributed by atoms with E-state index < -0.39 is 21.9 Å². The topological polar surface area (TPSA) is 83.1 Å². The number of aromatic nitrogens is 2. The van der Waals surface area contributed by atoms with Crippen molar-refractivity contribution < 1.29 is 17.1 Å². The number of rotatable bonds is 4. The number of halogens is 1. The Morgan fingerprint density at radius 3 is 2.86 bits per heavy atom. The molecule has 0 radical (unpaired) electrons. The number of nitrogens with one attached hydrogen (secondary N) is 1. The van der Waals surface area contributed by atoms with Crippen molar-refractivity contribution >= 4 is 21.8 Å².